The molecule has 0 saturated carbocycles. The minimum absolute atomic E-state index is 0.0681. The summed E-state index contributed by atoms with van der Waals surface area (Å²) in [6, 6.07) is 7.27. The summed E-state index contributed by atoms with van der Waals surface area (Å²) in [4.78, 5) is 0. The molecule has 0 heterocycles. The van der Waals surface area contributed by atoms with Crippen molar-refractivity contribution in [1.29, 1.82) is 0 Å². The predicted molar refractivity (Wildman–Crippen MR) is 70.8 cm³/mol. The highest BCUT2D eigenvalue weighted by atomic mass is 35.5. The molecule has 7 heteroatoms. The molecule has 0 aromatic heterocycles. The first kappa shape index (κ1) is 15.6. The van der Waals surface area contributed by atoms with E-state index < -0.39 is 17.6 Å². The lowest BCUT2D eigenvalue weighted by molar-refractivity contribution is -0.138. The molecule has 0 amide bonds. The molecule has 0 radical (unpaired) electrons. The summed E-state index contributed by atoms with van der Waals surface area (Å²) in [5, 5.41) is -0.179. The van der Waals surface area contributed by atoms with Crippen LogP contribution in [-0.2, 0) is 12.7 Å². The van der Waals surface area contributed by atoms with Crippen LogP contribution in [0.25, 0.3) is 0 Å². The number of ether oxygens (including phenoxy) is 1. The topological polar surface area (TPSA) is 35.2 Å². The number of hydrogen-bond acceptors (Lipinski definition) is 2. The molecular weight excluding hydrogens is 310 g/mol. The summed E-state index contributed by atoms with van der Waals surface area (Å²) in [5.74, 6) is -1.24. The van der Waals surface area contributed by atoms with Gasteiger partial charge in [0.15, 0.2) is 11.6 Å². The zero-order valence-corrected chi connectivity index (χ0v) is 11.3. The minimum Gasteiger partial charge on any atom is -0.454 e. The Hall–Kier alpha value is -1.79. The molecule has 112 valence electrons. The Kier molecular flexibility index (Phi) is 4.39. The molecule has 0 unspecified atom stereocenters. The summed E-state index contributed by atoms with van der Waals surface area (Å²) >= 11 is 5.58. The lowest BCUT2D eigenvalue weighted by atomic mass is 10.1. The van der Waals surface area contributed by atoms with E-state index in [2.05, 4.69) is 0 Å². The first-order valence-electron chi connectivity index (χ1n) is 5.85. The van der Waals surface area contributed by atoms with Crippen molar-refractivity contribution in [2.45, 2.75) is 12.7 Å². The van der Waals surface area contributed by atoms with Gasteiger partial charge in [-0.05, 0) is 29.8 Å². The van der Waals surface area contributed by atoms with Crippen molar-refractivity contribution >= 4 is 11.6 Å². The molecule has 2 N–H and O–H groups in total. The first-order chi connectivity index (χ1) is 9.82. The third-order valence-electron chi connectivity index (χ3n) is 2.75. The van der Waals surface area contributed by atoms with E-state index in [0.29, 0.717) is 0 Å². The average molecular weight is 320 g/mol. The SMILES string of the molecule is NCc1ccc(Oc2cccc(Cl)c2F)cc1C(F)(F)F. The summed E-state index contributed by atoms with van der Waals surface area (Å²) in [6.45, 7) is -0.263. The van der Waals surface area contributed by atoms with E-state index in [0.717, 1.165) is 6.07 Å². The van der Waals surface area contributed by atoms with E-state index in [1.165, 1.54) is 30.3 Å². The van der Waals surface area contributed by atoms with E-state index in [4.69, 9.17) is 22.1 Å². The Balaban J connectivity index is 2.40. The summed E-state index contributed by atoms with van der Waals surface area (Å²) < 4.78 is 57.5. The molecule has 2 aromatic carbocycles. The average Bonchev–Trinajstić information content (AvgIpc) is 2.43. The van der Waals surface area contributed by atoms with Crippen LogP contribution >= 0.6 is 11.6 Å². The standard InChI is InChI=1S/C14H10ClF4NO/c15-11-2-1-3-12(13(11)16)21-9-5-4-8(7-20)10(6-9)14(17,18)19/h1-6H,7,20H2. The molecule has 0 bridgehead atoms. The fraction of sp³-hybridized carbons (Fsp3) is 0.143. The van der Waals surface area contributed by atoms with Crippen molar-refractivity contribution in [1.82, 2.24) is 0 Å². The monoisotopic (exact) mass is 319 g/mol. The van der Waals surface area contributed by atoms with Gasteiger partial charge in [-0.25, -0.2) is 4.39 Å². The highest BCUT2D eigenvalue weighted by Gasteiger charge is 2.33. The van der Waals surface area contributed by atoms with Crippen LogP contribution in [0.1, 0.15) is 11.1 Å². The number of nitrogens with two attached hydrogens (primary N) is 1. The van der Waals surface area contributed by atoms with Gasteiger partial charge in [-0.2, -0.15) is 13.2 Å². The highest BCUT2D eigenvalue weighted by Crippen LogP contribution is 2.36. The lowest BCUT2D eigenvalue weighted by Gasteiger charge is -2.14. The Bertz CT molecular complexity index is 658. The number of alkyl halides is 3. The van der Waals surface area contributed by atoms with E-state index >= 15 is 0 Å². The van der Waals surface area contributed by atoms with Gasteiger partial charge < -0.3 is 10.5 Å². The van der Waals surface area contributed by atoms with Crippen molar-refractivity contribution in [2.24, 2.45) is 5.73 Å². The van der Waals surface area contributed by atoms with Crippen LogP contribution in [0.2, 0.25) is 5.02 Å². The van der Waals surface area contributed by atoms with Gasteiger partial charge in [0.2, 0.25) is 0 Å². The van der Waals surface area contributed by atoms with Crippen LogP contribution in [0.3, 0.4) is 0 Å². The van der Waals surface area contributed by atoms with Crippen LogP contribution in [0.5, 0.6) is 11.5 Å². The van der Waals surface area contributed by atoms with E-state index in [-0.39, 0.29) is 28.6 Å². The van der Waals surface area contributed by atoms with Gasteiger partial charge in [-0.15, -0.1) is 0 Å². The molecule has 0 atom stereocenters. The van der Waals surface area contributed by atoms with Crippen LogP contribution in [0.15, 0.2) is 36.4 Å². The molecule has 2 rings (SSSR count). The zero-order chi connectivity index (χ0) is 15.6. The number of hydrogen-bond donors (Lipinski definition) is 1. The number of rotatable bonds is 3. The van der Waals surface area contributed by atoms with E-state index in [1.54, 1.807) is 0 Å². The second-order valence-electron chi connectivity index (χ2n) is 4.17. The Morgan fingerprint density at radius 1 is 1.14 bits per heavy atom. The van der Waals surface area contributed by atoms with Gasteiger partial charge in [-0.3, -0.25) is 0 Å². The van der Waals surface area contributed by atoms with Crippen molar-refractivity contribution in [3.05, 3.63) is 58.4 Å². The van der Waals surface area contributed by atoms with Gasteiger partial charge in [0.1, 0.15) is 5.75 Å². The van der Waals surface area contributed by atoms with Gasteiger partial charge in [-0.1, -0.05) is 23.7 Å². The number of benzene rings is 2. The Morgan fingerprint density at radius 3 is 2.48 bits per heavy atom. The molecule has 2 nitrogen and oxygen atoms in total. The Morgan fingerprint density at radius 2 is 1.86 bits per heavy atom. The third-order valence-corrected chi connectivity index (χ3v) is 3.04. The molecular formula is C14H10ClF4NO. The van der Waals surface area contributed by atoms with Gasteiger partial charge in [0.05, 0.1) is 10.6 Å². The lowest BCUT2D eigenvalue weighted by Crippen LogP contribution is -2.12. The maximum atomic E-state index is 13.7. The quantitative estimate of drug-likeness (QED) is 0.829. The maximum Gasteiger partial charge on any atom is 0.416 e. The van der Waals surface area contributed by atoms with Crippen LogP contribution < -0.4 is 10.5 Å². The van der Waals surface area contributed by atoms with Crippen molar-refractivity contribution in [3.8, 4) is 11.5 Å². The normalized spacial score (nSPS) is 11.5. The second kappa shape index (κ2) is 5.91. The maximum absolute atomic E-state index is 13.7. The summed E-state index contributed by atoms with van der Waals surface area (Å²) in [7, 11) is 0. The van der Waals surface area contributed by atoms with Crippen molar-refractivity contribution in [2.75, 3.05) is 0 Å². The largest absolute Gasteiger partial charge is 0.454 e. The molecule has 0 saturated heterocycles. The molecule has 0 aliphatic heterocycles. The fourth-order valence-corrected chi connectivity index (χ4v) is 1.92. The summed E-state index contributed by atoms with van der Waals surface area (Å²) in [6.07, 6.45) is -4.57. The number of halogens is 5. The van der Waals surface area contributed by atoms with Gasteiger partial charge >= 0.3 is 6.18 Å². The Labute approximate surface area is 123 Å². The van der Waals surface area contributed by atoms with E-state index in [9.17, 15) is 17.6 Å². The minimum atomic E-state index is -4.57. The van der Waals surface area contributed by atoms with Crippen molar-refractivity contribution in [3.63, 3.8) is 0 Å². The molecule has 2 aromatic rings. The zero-order valence-electron chi connectivity index (χ0n) is 10.5. The molecule has 0 spiro atoms. The molecule has 0 aliphatic rings. The molecule has 0 aliphatic carbocycles. The van der Waals surface area contributed by atoms with Crippen LogP contribution in [0.4, 0.5) is 17.6 Å². The fourth-order valence-electron chi connectivity index (χ4n) is 1.75. The molecule has 0 fully saturated rings. The van der Waals surface area contributed by atoms with Crippen molar-refractivity contribution < 1.29 is 22.3 Å². The molecule has 21 heavy (non-hydrogen) atoms. The van der Waals surface area contributed by atoms with Gasteiger partial charge in [0, 0.05) is 6.54 Å². The van der Waals surface area contributed by atoms with Crippen LogP contribution in [-0.4, -0.2) is 0 Å². The smallest absolute Gasteiger partial charge is 0.416 e. The first-order valence-corrected chi connectivity index (χ1v) is 6.22. The highest BCUT2D eigenvalue weighted by molar-refractivity contribution is 6.30. The predicted octanol–water partition coefficient (Wildman–Crippen LogP) is 4.75. The van der Waals surface area contributed by atoms with Crippen LogP contribution in [0, 0.1) is 5.82 Å². The second-order valence-corrected chi connectivity index (χ2v) is 4.58. The van der Waals surface area contributed by atoms with E-state index in [1.807, 2.05) is 0 Å². The third kappa shape index (κ3) is 3.46. The summed E-state index contributed by atoms with van der Waals surface area (Å²) in [5.41, 5.74) is 4.30. The van der Waals surface area contributed by atoms with Gasteiger partial charge in [0.25, 0.3) is 0 Å².